The Morgan fingerprint density at radius 3 is 2.35 bits per heavy atom. The fourth-order valence-electron chi connectivity index (χ4n) is 5.06. The lowest BCUT2D eigenvalue weighted by Crippen LogP contribution is -2.56. The number of para-hydroxylation sites is 1. The number of carboxylic acids is 2. The van der Waals surface area contributed by atoms with Gasteiger partial charge in [0.15, 0.2) is 5.69 Å². The number of carbonyl (C=O) groups excluding carboxylic acids is 2. The summed E-state index contributed by atoms with van der Waals surface area (Å²) >= 11 is 0. The van der Waals surface area contributed by atoms with E-state index in [-0.39, 0.29) is 41.1 Å². The van der Waals surface area contributed by atoms with Crippen molar-refractivity contribution >= 4 is 23.8 Å². The SMILES string of the molecule is CCc1c(C(=O)N(CC(C)C)[C@@H]2CNC[C@H](C(=O)N3CCOCC3)C2)nnn1-c1ccccc1F.O=C(O)/C=C/C(=O)O. The van der Waals surface area contributed by atoms with Gasteiger partial charge in [-0.15, -0.1) is 5.10 Å². The lowest BCUT2D eigenvalue weighted by molar-refractivity contribution is -0.140. The first-order valence-electron chi connectivity index (χ1n) is 14.2. The smallest absolute Gasteiger partial charge is 0.328 e. The first-order valence-corrected chi connectivity index (χ1v) is 14.2. The number of hydrogen-bond acceptors (Lipinski definition) is 8. The van der Waals surface area contributed by atoms with Crippen molar-refractivity contribution in [2.45, 2.75) is 39.7 Å². The van der Waals surface area contributed by atoms with Crippen LogP contribution in [0.15, 0.2) is 36.4 Å². The van der Waals surface area contributed by atoms with Crippen molar-refractivity contribution in [2.75, 3.05) is 45.9 Å². The van der Waals surface area contributed by atoms with E-state index in [9.17, 15) is 23.6 Å². The summed E-state index contributed by atoms with van der Waals surface area (Å²) in [5, 5.41) is 27.3. The van der Waals surface area contributed by atoms with E-state index in [1.165, 1.54) is 10.7 Å². The molecule has 43 heavy (non-hydrogen) atoms. The van der Waals surface area contributed by atoms with Gasteiger partial charge >= 0.3 is 11.9 Å². The van der Waals surface area contributed by atoms with Crippen molar-refractivity contribution in [3.8, 4) is 5.69 Å². The van der Waals surface area contributed by atoms with E-state index in [4.69, 9.17) is 14.9 Å². The van der Waals surface area contributed by atoms with Crippen LogP contribution >= 0.6 is 0 Å². The van der Waals surface area contributed by atoms with Gasteiger partial charge in [-0.25, -0.2) is 18.7 Å². The molecule has 2 fully saturated rings. The highest BCUT2D eigenvalue weighted by Gasteiger charge is 2.37. The van der Waals surface area contributed by atoms with E-state index in [1.807, 2.05) is 16.7 Å². The average Bonchev–Trinajstić information content (AvgIpc) is 3.43. The highest BCUT2D eigenvalue weighted by atomic mass is 19.1. The number of amides is 2. The van der Waals surface area contributed by atoms with Crippen LogP contribution in [0.25, 0.3) is 5.69 Å². The third-order valence-corrected chi connectivity index (χ3v) is 7.01. The molecule has 13 nitrogen and oxygen atoms in total. The molecular weight excluding hydrogens is 563 g/mol. The van der Waals surface area contributed by atoms with E-state index in [0.29, 0.717) is 76.6 Å². The molecule has 2 aliphatic heterocycles. The van der Waals surface area contributed by atoms with Gasteiger partial charge in [0.05, 0.1) is 24.8 Å². The molecule has 0 bridgehead atoms. The molecular formula is C29H39FN6O7. The molecule has 0 saturated carbocycles. The molecule has 234 valence electrons. The Balaban J connectivity index is 0.000000557. The highest BCUT2D eigenvalue weighted by molar-refractivity contribution is 5.94. The summed E-state index contributed by atoms with van der Waals surface area (Å²) in [6.07, 6.45) is 2.17. The zero-order chi connectivity index (χ0) is 31.5. The minimum Gasteiger partial charge on any atom is -0.478 e. The monoisotopic (exact) mass is 602 g/mol. The van der Waals surface area contributed by atoms with Crippen molar-refractivity contribution < 1.29 is 38.5 Å². The number of nitrogens with one attached hydrogen (secondary N) is 1. The topological polar surface area (TPSA) is 167 Å². The number of benzene rings is 1. The fraction of sp³-hybridized carbons (Fsp3) is 0.517. The lowest BCUT2D eigenvalue weighted by Gasteiger charge is -2.40. The molecule has 2 amide bonds. The van der Waals surface area contributed by atoms with Crippen LogP contribution in [0, 0.1) is 17.7 Å². The molecule has 2 aromatic rings. The summed E-state index contributed by atoms with van der Waals surface area (Å²) < 4.78 is 21.3. The summed E-state index contributed by atoms with van der Waals surface area (Å²) in [5.41, 5.74) is 1.07. The second-order valence-electron chi connectivity index (χ2n) is 10.6. The average molecular weight is 603 g/mol. The van der Waals surface area contributed by atoms with Gasteiger partial charge < -0.3 is 30.1 Å². The Bertz CT molecular complexity index is 1290. The number of rotatable bonds is 9. The minimum absolute atomic E-state index is 0.113. The number of piperidine rings is 1. The van der Waals surface area contributed by atoms with Crippen LogP contribution in [-0.4, -0.2) is 111 Å². The number of morpholine rings is 1. The van der Waals surface area contributed by atoms with E-state index < -0.39 is 17.8 Å². The Morgan fingerprint density at radius 2 is 1.77 bits per heavy atom. The molecule has 14 heteroatoms. The third kappa shape index (κ3) is 9.16. The standard InChI is InChI=1S/C25H35FN6O3.C4H4O4/c1-4-21-23(28-29-32(21)22-8-6-5-7-20(22)26)25(34)31(16-17(2)3)19-13-18(14-27-15-19)24(33)30-9-11-35-12-10-30;5-3(6)1-2-4(7)8/h5-8,17-19,27H,4,9-16H2,1-3H3;1-2H,(H,5,6)(H,7,8)/b;2-1+/t18-,19+;/m1./s1. The van der Waals surface area contributed by atoms with Crippen LogP contribution in [0.1, 0.15) is 43.4 Å². The maximum Gasteiger partial charge on any atom is 0.328 e. The van der Waals surface area contributed by atoms with Gasteiger partial charge in [-0.3, -0.25) is 9.59 Å². The van der Waals surface area contributed by atoms with Crippen molar-refractivity contribution in [2.24, 2.45) is 11.8 Å². The van der Waals surface area contributed by atoms with Crippen molar-refractivity contribution in [1.82, 2.24) is 30.1 Å². The van der Waals surface area contributed by atoms with Crippen LogP contribution in [0.4, 0.5) is 4.39 Å². The predicted octanol–water partition coefficient (Wildman–Crippen LogP) is 1.62. The van der Waals surface area contributed by atoms with Gasteiger partial charge in [-0.1, -0.05) is 38.1 Å². The molecule has 0 unspecified atom stereocenters. The number of aliphatic carboxylic acids is 2. The summed E-state index contributed by atoms with van der Waals surface area (Å²) in [5.74, 6) is -3.03. The van der Waals surface area contributed by atoms with Crippen molar-refractivity contribution in [3.05, 3.63) is 53.6 Å². The molecule has 0 radical (unpaired) electrons. The molecule has 4 rings (SSSR count). The largest absolute Gasteiger partial charge is 0.478 e. The summed E-state index contributed by atoms with van der Waals surface area (Å²) in [4.78, 5) is 49.8. The van der Waals surface area contributed by atoms with Crippen LogP contribution < -0.4 is 5.32 Å². The number of carboxylic acid groups (broad SMARTS) is 2. The number of nitrogens with zero attached hydrogens (tertiary/aromatic N) is 5. The Morgan fingerprint density at radius 1 is 1.12 bits per heavy atom. The maximum atomic E-state index is 14.5. The number of carbonyl (C=O) groups is 4. The van der Waals surface area contributed by atoms with Gasteiger partial charge in [0.1, 0.15) is 11.5 Å². The fourth-order valence-corrected chi connectivity index (χ4v) is 5.06. The summed E-state index contributed by atoms with van der Waals surface area (Å²) in [6, 6.07) is 6.17. The van der Waals surface area contributed by atoms with Crippen LogP contribution in [0.2, 0.25) is 0 Å². The van der Waals surface area contributed by atoms with Gasteiger partial charge in [0, 0.05) is 50.9 Å². The summed E-state index contributed by atoms with van der Waals surface area (Å²) in [7, 11) is 0. The number of halogens is 1. The molecule has 1 aromatic carbocycles. The first kappa shape index (κ1) is 33.3. The zero-order valence-electron chi connectivity index (χ0n) is 24.6. The maximum absolute atomic E-state index is 14.5. The van der Waals surface area contributed by atoms with Gasteiger partial charge in [-0.05, 0) is 30.9 Å². The molecule has 3 N–H and O–H groups in total. The van der Waals surface area contributed by atoms with E-state index in [1.54, 1.807) is 18.2 Å². The van der Waals surface area contributed by atoms with E-state index in [0.717, 1.165) is 0 Å². The first-order chi connectivity index (χ1) is 20.5. The van der Waals surface area contributed by atoms with Crippen LogP contribution in [0.5, 0.6) is 0 Å². The lowest BCUT2D eigenvalue weighted by atomic mass is 9.92. The quantitative estimate of drug-likeness (QED) is 0.359. The van der Waals surface area contributed by atoms with Crippen molar-refractivity contribution in [3.63, 3.8) is 0 Å². The Hall–Kier alpha value is -4.17. The molecule has 2 atom stereocenters. The number of aromatic nitrogens is 3. The second-order valence-corrected chi connectivity index (χ2v) is 10.6. The molecule has 2 saturated heterocycles. The highest BCUT2D eigenvalue weighted by Crippen LogP contribution is 2.24. The molecule has 2 aliphatic rings. The van der Waals surface area contributed by atoms with Crippen LogP contribution in [-0.2, 0) is 25.5 Å². The second kappa shape index (κ2) is 15.9. The number of ether oxygens (including phenoxy) is 1. The van der Waals surface area contributed by atoms with E-state index >= 15 is 0 Å². The molecule has 1 aromatic heterocycles. The van der Waals surface area contributed by atoms with E-state index in [2.05, 4.69) is 29.5 Å². The van der Waals surface area contributed by atoms with Crippen molar-refractivity contribution in [1.29, 1.82) is 0 Å². The Kier molecular flexibility index (Phi) is 12.3. The molecule has 0 spiro atoms. The zero-order valence-corrected chi connectivity index (χ0v) is 24.6. The Labute approximate surface area is 249 Å². The predicted molar refractivity (Wildman–Crippen MR) is 153 cm³/mol. The number of hydrogen-bond donors (Lipinski definition) is 3. The van der Waals surface area contributed by atoms with Crippen LogP contribution in [0.3, 0.4) is 0 Å². The third-order valence-electron chi connectivity index (χ3n) is 7.01. The summed E-state index contributed by atoms with van der Waals surface area (Å²) in [6.45, 7) is 10.1. The molecule has 3 heterocycles. The minimum atomic E-state index is -1.26. The molecule has 0 aliphatic carbocycles. The van der Waals surface area contributed by atoms with Gasteiger partial charge in [0.2, 0.25) is 5.91 Å². The van der Waals surface area contributed by atoms with Gasteiger partial charge in [-0.2, -0.15) is 0 Å². The van der Waals surface area contributed by atoms with Gasteiger partial charge in [0.25, 0.3) is 5.91 Å². The normalized spacial score (nSPS) is 18.7.